The number of carbonyl (C=O) groups is 1. The molecule has 0 unspecified atom stereocenters. The van der Waals surface area contributed by atoms with E-state index in [0.717, 1.165) is 5.56 Å². The van der Waals surface area contributed by atoms with Gasteiger partial charge >= 0.3 is 0 Å². The maximum atomic E-state index is 13.5. The van der Waals surface area contributed by atoms with Crippen LogP contribution in [-0.2, 0) is 26.5 Å². The van der Waals surface area contributed by atoms with Crippen LogP contribution < -0.4 is 14.3 Å². The number of halogens is 1. The van der Waals surface area contributed by atoms with Gasteiger partial charge in [-0.05, 0) is 79.6 Å². The standard InChI is InChI=1S/C28H24ClN3O5S2/c1-19-17-20-7-2-5-12-27(20)32(19)39(36,37)24-9-6-8-21(18-24)28(33)30-22-13-15-23(16-14-22)38(34,35)31-26-11-4-3-10-25(26)29/h2-16,18-19,31H,17H2,1H3,(H,30,33)/t19-/m0/s1. The molecule has 0 radical (unpaired) electrons. The Kier molecular flexibility index (Phi) is 7.11. The molecule has 0 saturated carbocycles. The summed E-state index contributed by atoms with van der Waals surface area (Å²) in [6, 6.07) is 25.0. The molecule has 1 aliphatic heterocycles. The summed E-state index contributed by atoms with van der Waals surface area (Å²) < 4.78 is 56.4. The lowest BCUT2D eigenvalue weighted by molar-refractivity contribution is 0.102. The molecule has 5 rings (SSSR count). The first kappa shape index (κ1) is 26.7. The van der Waals surface area contributed by atoms with Gasteiger partial charge in [0.1, 0.15) is 0 Å². The highest BCUT2D eigenvalue weighted by molar-refractivity contribution is 7.93. The van der Waals surface area contributed by atoms with Crippen LogP contribution in [0, 0.1) is 0 Å². The second kappa shape index (κ2) is 10.4. The molecule has 4 aromatic rings. The topological polar surface area (TPSA) is 113 Å². The number of sulfonamides is 2. The van der Waals surface area contributed by atoms with Crippen molar-refractivity contribution in [2.45, 2.75) is 29.2 Å². The molecule has 1 atom stereocenters. The van der Waals surface area contributed by atoms with E-state index in [4.69, 9.17) is 11.6 Å². The lowest BCUT2D eigenvalue weighted by Crippen LogP contribution is -2.35. The molecule has 8 nitrogen and oxygen atoms in total. The number of hydrogen-bond donors (Lipinski definition) is 2. The number of nitrogens with one attached hydrogen (secondary N) is 2. The Morgan fingerprint density at radius 3 is 2.28 bits per heavy atom. The highest BCUT2D eigenvalue weighted by Gasteiger charge is 2.36. The van der Waals surface area contributed by atoms with Crippen LogP contribution in [0.25, 0.3) is 0 Å². The van der Waals surface area contributed by atoms with E-state index < -0.39 is 26.0 Å². The first-order valence-corrected chi connectivity index (χ1v) is 15.3. The number of benzene rings is 4. The monoisotopic (exact) mass is 581 g/mol. The number of anilines is 3. The lowest BCUT2D eigenvalue weighted by atomic mass is 10.1. The van der Waals surface area contributed by atoms with E-state index in [2.05, 4.69) is 10.0 Å². The minimum absolute atomic E-state index is 0.00536. The van der Waals surface area contributed by atoms with Crippen molar-refractivity contribution in [2.24, 2.45) is 0 Å². The largest absolute Gasteiger partial charge is 0.322 e. The molecule has 1 heterocycles. The zero-order valence-corrected chi connectivity index (χ0v) is 23.1. The molecule has 0 fully saturated rings. The predicted octanol–water partition coefficient (Wildman–Crippen LogP) is 5.53. The van der Waals surface area contributed by atoms with Crippen LogP contribution in [0.3, 0.4) is 0 Å². The average Bonchev–Trinajstić information content (AvgIpc) is 3.26. The molecular formula is C28H24ClN3O5S2. The molecule has 0 spiro atoms. The van der Waals surface area contributed by atoms with Crippen molar-refractivity contribution >= 4 is 54.6 Å². The van der Waals surface area contributed by atoms with Crippen molar-refractivity contribution in [3.8, 4) is 0 Å². The summed E-state index contributed by atoms with van der Waals surface area (Å²) in [7, 11) is -7.82. The maximum Gasteiger partial charge on any atom is 0.264 e. The molecule has 2 N–H and O–H groups in total. The summed E-state index contributed by atoms with van der Waals surface area (Å²) in [5.74, 6) is -0.535. The highest BCUT2D eigenvalue weighted by Crippen LogP contribution is 2.36. The van der Waals surface area contributed by atoms with E-state index in [1.54, 1.807) is 36.4 Å². The number of para-hydroxylation sites is 2. The van der Waals surface area contributed by atoms with E-state index in [-0.39, 0.29) is 32.1 Å². The van der Waals surface area contributed by atoms with Crippen molar-refractivity contribution in [3.05, 3.63) is 113 Å². The lowest BCUT2D eigenvalue weighted by Gasteiger charge is -2.24. The van der Waals surface area contributed by atoms with Gasteiger partial charge in [0, 0.05) is 17.3 Å². The van der Waals surface area contributed by atoms with E-state index in [0.29, 0.717) is 17.8 Å². The Hall–Kier alpha value is -3.86. The predicted molar refractivity (Wildman–Crippen MR) is 152 cm³/mol. The molecule has 200 valence electrons. The quantitative estimate of drug-likeness (QED) is 0.298. The van der Waals surface area contributed by atoms with Crippen LogP contribution >= 0.6 is 11.6 Å². The van der Waals surface area contributed by atoms with Gasteiger partial charge in [-0.2, -0.15) is 0 Å². The first-order valence-electron chi connectivity index (χ1n) is 12.0. The number of hydrogen-bond acceptors (Lipinski definition) is 5. The van der Waals surface area contributed by atoms with E-state index in [1.165, 1.54) is 52.8 Å². The number of carbonyl (C=O) groups excluding carboxylic acids is 1. The molecule has 4 aromatic carbocycles. The van der Waals surface area contributed by atoms with Gasteiger partial charge in [0.2, 0.25) is 0 Å². The van der Waals surface area contributed by atoms with Crippen LogP contribution in [0.1, 0.15) is 22.8 Å². The van der Waals surface area contributed by atoms with Crippen LogP contribution in [0.5, 0.6) is 0 Å². The van der Waals surface area contributed by atoms with Gasteiger partial charge in [0.15, 0.2) is 0 Å². The zero-order valence-electron chi connectivity index (χ0n) is 20.7. The van der Waals surface area contributed by atoms with Crippen LogP contribution in [-0.4, -0.2) is 28.8 Å². The van der Waals surface area contributed by atoms with Crippen molar-refractivity contribution < 1.29 is 21.6 Å². The molecule has 0 bridgehead atoms. The fourth-order valence-electron chi connectivity index (χ4n) is 4.48. The third-order valence-electron chi connectivity index (χ3n) is 6.34. The van der Waals surface area contributed by atoms with Gasteiger partial charge < -0.3 is 5.32 Å². The minimum Gasteiger partial charge on any atom is -0.322 e. The second-order valence-electron chi connectivity index (χ2n) is 9.07. The van der Waals surface area contributed by atoms with Gasteiger partial charge in [0.25, 0.3) is 26.0 Å². The average molecular weight is 582 g/mol. The Bertz CT molecular complexity index is 1780. The van der Waals surface area contributed by atoms with E-state index >= 15 is 0 Å². The van der Waals surface area contributed by atoms with Crippen LogP contribution in [0.2, 0.25) is 5.02 Å². The Labute approximate surface area is 232 Å². The summed E-state index contributed by atoms with van der Waals surface area (Å²) in [5, 5.41) is 2.95. The second-order valence-corrected chi connectivity index (χ2v) is 13.0. The molecule has 39 heavy (non-hydrogen) atoms. The molecule has 0 aliphatic carbocycles. The van der Waals surface area contributed by atoms with Gasteiger partial charge in [-0.3, -0.25) is 13.8 Å². The van der Waals surface area contributed by atoms with Crippen molar-refractivity contribution in [1.29, 1.82) is 0 Å². The van der Waals surface area contributed by atoms with Crippen molar-refractivity contribution in [1.82, 2.24) is 0 Å². The zero-order chi connectivity index (χ0) is 27.8. The number of nitrogens with zero attached hydrogens (tertiary/aromatic N) is 1. The molecule has 0 aromatic heterocycles. The SMILES string of the molecule is C[C@H]1Cc2ccccc2N1S(=O)(=O)c1cccc(C(=O)Nc2ccc(S(=O)(=O)Nc3ccccc3Cl)cc2)c1. The van der Waals surface area contributed by atoms with E-state index in [1.807, 2.05) is 19.1 Å². The number of rotatable bonds is 7. The minimum atomic E-state index is -3.91. The number of amides is 1. The fraction of sp³-hybridized carbons (Fsp3) is 0.107. The Balaban J connectivity index is 1.33. The van der Waals surface area contributed by atoms with Gasteiger partial charge in [0.05, 0.1) is 26.2 Å². The summed E-state index contributed by atoms with van der Waals surface area (Å²) in [4.78, 5) is 13.0. The summed E-state index contributed by atoms with van der Waals surface area (Å²) >= 11 is 6.05. The normalized spacial score (nSPS) is 15.0. The first-order chi connectivity index (χ1) is 18.6. The molecule has 1 amide bonds. The molecule has 0 saturated heterocycles. The van der Waals surface area contributed by atoms with Gasteiger partial charge in [-0.25, -0.2) is 16.8 Å². The van der Waals surface area contributed by atoms with Gasteiger partial charge in [-0.15, -0.1) is 0 Å². The third-order valence-corrected chi connectivity index (χ3v) is 9.97. The third kappa shape index (κ3) is 5.36. The Morgan fingerprint density at radius 1 is 0.846 bits per heavy atom. The van der Waals surface area contributed by atoms with Crippen LogP contribution in [0.4, 0.5) is 17.1 Å². The number of fused-ring (bicyclic) bond motifs is 1. The summed E-state index contributed by atoms with van der Waals surface area (Å²) in [6.45, 7) is 1.85. The Morgan fingerprint density at radius 2 is 1.54 bits per heavy atom. The molecular weight excluding hydrogens is 558 g/mol. The van der Waals surface area contributed by atoms with Crippen molar-refractivity contribution in [2.75, 3.05) is 14.3 Å². The highest BCUT2D eigenvalue weighted by atomic mass is 35.5. The molecule has 1 aliphatic rings. The fourth-order valence-corrected chi connectivity index (χ4v) is 7.54. The summed E-state index contributed by atoms with van der Waals surface area (Å²) in [5.41, 5.74) is 2.33. The van der Waals surface area contributed by atoms with E-state index in [9.17, 15) is 21.6 Å². The van der Waals surface area contributed by atoms with Gasteiger partial charge in [-0.1, -0.05) is 48.0 Å². The maximum absolute atomic E-state index is 13.5. The smallest absolute Gasteiger partial charge is 0.264 e. The van der Waals surface area contributed by atoms with Crippen LogP contribution in [0.15, 0.2) is 107 Å². The summed E-state index contributed by atoms with van der Waals surface area (Å²) in [6.07, 6.45) is 0.606. The molecule has 11 heteroatoms. The van der Waals surface area contributed by atoms with Crippen molar-refractivity contribution in [3.63, 3.8) is 0 Å².